The third-order valence-electron chi connectivity index (χ3n) is 9.95. The SMILES string of the molecule is CC1(C)C(=O)C=C[C@]2(C)[C@H]3CC[C@]4(C)C(=CC(=O)[C@]4(O)c4ccoc4)[C@]3(C)[C@H](O)C[C@@H]12. The molecule has 2 N–H and O–H groups in total. The van der Waals surface area contributed by atoms with Crippen LogP contribution in [0.3, 0.4) is 0 Å². The summed E-state index contributed by atoms with van der Waals surface area (Å²) in [7, 11) is 0. The van der Waals surface area contributed by atoms with Crippen molar-refractivity contribution in [2.24, 2.45) is 33.5 Å². The number of fused-ring (bicyclic) bond motifs is 5. The molecule has 1 heterocycles. The van der Waals surface area contributed by atoms with Gasteiger partial charge in [0.15, 0.2) is 17.2 Å². The smallest absolute Gasteiger partial charge is 0.192 e. The number of carbonyl (C=O) groups excluding carboxylic acids is 2. The van der Waals surface area contributed by atoms with Crippen molar-refractivity contribution in [2.45, 2.75) is 65.6 Å². The highest BCUT2D eigenvalue weighted by Crippen LogP contribution is 2.72. The third kappa shape index (κ3) is 2.15. The van der Waals surface area contributed by atoms with Gasteiger partial charge in [0.25, 0.3) is 0 Å². The normalized spacial score (nSPS) is 48.1. The van der Waals surface area contributed by atoms with Gasteiger partial charge < -0.3 is 14.6 Å². The summed E-state index contributed by atoms with van der Waals surface area (Å²) in [6.07, 6.45) is 9.43. The molecule has 1 aromatic rings. The average Bonchev–Trinajstić information content (AvgIpc) is 3.31. The lowest BCUT2D eigenvalue weighted by Gasteiger charge is -2.66. The number of aliphatic hydroxyl groups excluding tert-OH is 1. The minimum Gasteiger partial charge on any atom is -0.472 e. The first-order valence-electron chi connectivity index (χ1n) is 11.3. The minimum absolute atomic E-state index is 0.0143. The molecule has 166 valence electrons. The van der Waals surface area contributed by atoms with Crippen molar-refractivity contribution in [3.63, 3.8) is 0 Å². The summed E-state index contributed by atoms with van der Waals surface area (Å²) in [4.78, 5) is 26.0. The standard InChI is InChI=1S/C26H32O5/c1-22(2)17-12-20(28)25(5)16(23(17,3)9-7-19(22)27)6-10-24(4)18(25)13-21(29)26(24,30)15-8-11-31-14-15/h7-9,11,13-14,16-17,20,28,30H,6,10,12H2,1-5H3/t16-,17+,20-,23-,24-,25-,26-/m1/s1. The van der Waals surface area contributed by atoms with E-state index in [9.17, 15) is 19.8 Å². The predicted octanol–water partition coefficient (Wildman–Crippen LogP) is 3.95. The quantitative estimate of drug-likeness (QED) is 0.713. The molecule has 0 aliphatic heterocycles. The van der Waals surface area contributed by atoms with E-state index in [2.05, 4.69) is 19.9 Å². The zero-order valence-corrected chi connectivity index (χ0v) is 18.9. The number of carbonyl (C=O) groups is 2. The van der Waals surface area contributed by atoms with Crippen molar-refractivity contribution in [1.82, 2.24) is 0 Å². The van der Waals surface area contributed by atoms with Crippen LogP contribution in [0.2, 0.25) is 0 Å². The summed E-state index contributed by atoms with van der Waals surface area (Å²) in [5.74, 6) is -0.171. The minimum atomic E-state index is -1.70. The maximum atomic E-state index is 13.3. The number of aliphatic hydroxyl groups is 2. The lowest BCUT2D eigenvalue weighted by molar-refractivity contribution is -0.178. The van der Waals surface area contributed by atoms with E-state index < -0.39 is 27.9 Å². The van der Waals surface area contributed by atoms with E-state index in [0.717, 1.165) is 12.0 Å². The molecule has 7 atom stereocenters. The van der Waals surface area contributed by atoms with Gasteiger partial charge in [-0.3, -0.25) is 9.59 Å². The first kappa shape index (κ1) is 20.9. The fourth-order valence-electron chi connectivity index (χ4n) is 8.06. The molecule has 5 heteroatoms. The molecule has 0 unspecified atom stereocenters. The van der Waals surface area contributed by atoms with Gasteiger partial charge in [-0.25, -0.2) is 0 Å². The van der Waals surface area contributed by atoms with Crippen LogP contribution in [-0.4, -0.2) is 27.9 Å². The second kappa shape index (κ2) is 5.87. The average molecular weight is 425 g/mol. The molecule has 0 aromatic carbocycles. The van der Waals surface area contributed by atoms with E-state index in [1.165, 1.54) is 12.5 Å². The Morgan fingerprint density at radius 3 is 2.42 bits per heavy atom. The second-order valence-corrected chi connectivity index (χ2v) is 11.4. The Balaban J connectivity index is 1.67. The zero-order chi connectivity index (χ0) is 22.6. The van der Waals surface area contributed by atoms with Crippen LogP contribution in [0.15, 0.2) is 46.8 Å². The van der Waals surface area contributed by atoms with Gasteiger partial charge >= 0.3 is 0 Å². The summed E-state index contributed by atoms with van der Waals surface area (Å²) < 4.78 is 5.21. The fourth-order valence-corrected chi connectivity index (χ4v) is 8.06. The molecule has 2 saturated carbocycles. The van der Waals surface area contributed by atoms with E-state index in [-0.39, 0.29) is 28.8 Å². The topological polar surface area (TPSA) is 87.7 Å². The molecule has 4 aliphatic rings. The third-order valence-corrected chi connectivity index (χ3v) is 9.95. The van der Waals surface area contributed by atoms with E-state index in [1.807, 2.05) is 20.8 Å². The van der Waals surface area contributed by atoms with Gasteiger partial charge in [0.2, 0.25) is 0 Å². The van der Waals surface area contributed by atoms with Crippen LogP contribution in [0.1, 0.15) is 59.4 Å². The number of hydrogen-bond acceptors (Lipinski definition) is 5. The van der Waals surface area contributed by atoms with Crippen LogP contribution in [-0.2, 0) is 15.2 Å². The molecule has 31 heavy (non-hydrogen) atoms. The summed E-state index contributed by atoms with van der Waals surface area (Å²) in [5.41, 5.74) is -2.74. The molecule has 0 amide bonds. The van der Waals surface area contributed by atoms with Crippen LogP contribution in [0, 0.1) is 33.5 Å². The van der Waals surface area contributed by atoms with Crippen molar-refractivity contribution in [3.8, 4) is 0 Å². The molecular weight excluding hydrogens is 392 g/mol. The highest BCUT2D eigenvalue weighted by Gasteiger charge is 2.71. The van der Waals surface area contributed by atoms with Gasteiger partial charge in [0.1, 0.15) is 0 Å². The van der Waals surface area contributed by atoms with E-state index >= 15 is 0 Å². The summed E-state index contributed by atoms with van der Waals surface area (Å²) in [6, 6.07) is 1.65. The Morgan fingerprint density at radius 2 is 1.77 bits per heavy atom. The van der Waals surface area contributed by atoms with Crippen LogP contribution < -0.4 is 0 Å². The van der Waals surface area contributed by atoms with Crippen molar-refractivity contribution in [1.29, 1.82) is 0 Å². The maximum absolute atomic E-state index is 13.3. The van der Waals surface area contributed by atoms with E-state index in [4.69, 9.17) is 4.42 Å². The van der Waals surface area contributed by atoms with Crippen LogP contribution >= 0.6 is 0 Å². The molecule has 0 saturated heterocycles. The van der Waals surface area contributed by atoms with Crippen molar-refractivity contribution < 1.29 is 24.2 Å². The number of ketones is 2. The Labute approximate surface area is 183 Å². The second-order valence-electron chi connectivity index (χ2n) is 11.4. The van der Waals surface area contributed by atoms with Gasteiger partial charge in [0, 0.05) is 21.8 Å². The van der Waals surface area contributed by atoms with E-state index in [0.29, 0.717) is 18.4 Å². The first-order valence-corrected chi connectivity index (χ1v) is 11.3. The van der Waals surface area contributed by atoms with Crippen molar-refractivity contribution >= 4 is 11.6 Å². The molecule has 0 radical (unpaired) electrons. The summed E-state index contributed by atoms with van der Waals surface area (Å²) in [5, 5.41) is 23.4. The molecule has 5 nitrogen and oxygen atoms in total. The van der Waals surface area contributed by atoms with Crippen molar-refractivity contribution in [2.75, 3.05) is 0 Å². The lowest BCUT2D eigenvalue weighted by Crippen LogP contribution is -2.64. The largest absolute Gasteiger partial charge is 0.472 e. The molecule has 4 aliphatic carbocycles. The van der Waals surface area contributed by atoms with Gasteiger partial charge in [-0.15, -0.1) is 0 Å². The number of rotatable bonds is 1. The monoisotopic (exact) mass is 424 g/mol. The predicted molar refractivity (Wildman–Crippen MR) is 115 cm³/mol. The Morgan fingerprint density at radius 1 is 1.06 bits per heavy atom. The summed E-state index contributed by atoms with van der Waals surface area (Å²) in [6.45, 7) is 10.2. The lowest BCUT2D eigenvalue weighted by atomic mass is 9.38. The number of furan rings is 1. The van der Waals surface area contributed by atoms with Gasteiger partial charge in [-0.1, -0.05) is 40.7 Å². The maximum Gasteiger partial charge on any atom is 0.192 e. The van der Waals surface area contributed by atoms with Crippen LogP contribution in [0.4, 0.5) is 0 Å². The summed E-state index contributed by atoms with van der Waals surface area (Å²) >= 11 is 0. The highest BCUT2D eigenvalue weighted by molar-refractivity contribution is 6.03. The van der Waals surface area contributed by atoms with Gasteiger partial charge in [0.05, 0.1) is 18.6 Å². The molecule has 0 bridgehead atoms. The number of allylic oxidation sites excluding steroid dienone is 2. The fraction of sp³-hybridized carbons (Fsp3) is 0.615. The van der Waals surface area contributed by atoms with Crippen LogP contribution in [0.5, 0.6) is 0 Å². The highest BCUT2D eigenvalue weighted by atomic mass is 16.3. The zero-order valence-electron chi connectivity index (χ0n) is 18.9. The Kier molecular flexibility index (Phi) is 3.96. The molecule has 2 fully saturated rings. The first-order chi connectivity index (χ1) is 14.3. The van der Waals surface area contributed by atoms with E-state index in [1.54, 1.807) is 18.2 Å². The Hall–Kier alpha value is -1.98. The molecule has 0 spiro atoms. The van der Waals surface area contributed by atoms with Gasteiger partial charge in [-0.2, -0.15) is 0 Å². The Bertz CT molecular complexity index is 1030. The molecule has 5 rings (SSSR count). The van der Waals surface area contributed by atoms with Gasteiger partial charge in [-0.05, 0) is 60.3 Å². The van der Waals surface area contributed by atoms with Crippen molar-refractivity contribution in [3.05, 3.63) is 48.0 Å². The number of hydrogen-bond donors (Lipinski definition) is 2. The molecule has 1 aromatic heterocycles. The van der Waals surface area contributed by atoms with Crippen LogP contribution in [0.25, 0.3) is 0 Å². The molecular formula is C26H32O5.